The largest absolute Gasteiger partial charge is 0.380 e. The molecule has 1 aliphatic rings. The first-order chi connectivity index (χ1) is 9.47. The topological polar surface area (TPSA) is 35.6 Å². The van der Waals surface area contributed by atoms with Crippen LogP contribution in [0.4, 0.5) is 14.9 Å². The Kier molecular flexibility index (Phi) is 4.86. The Balaban J connectivity index is 1.90. The van der Waals surface area contributed by atoms with Gasteiger partial charge in [-0.1, -0.05) is 15.9 Å². The molecule has 1 aromatic rings. The Labute approximate surface area is 127 Å². The SMILES string of the molecule is CN(C)C(=O)N1CCC(Nc2ccc(Br)cc2F)CC1. The summed E-state index contributed by atoms with van der Waals surface area (Å²) in [7, 11) is 3.51. The highest BCUT2D eigenvalue weighted by molar-refractivity contribution is 9.10. The van der Waals surface area contributed by atoms with E-state index in [1.165, 1.54) is 6.07 Å². The van der Waals surface area contributed by atoms with Gasteiger partial charge in [0.15, 0.2) is 0 Å². The number of anilines is 1. The number of benzene rings is 1. The number of carbonyl (C=O) groups excluding carboxylic acids is 1. The van der Waals surface area contributed by atoms with Gasteiger partial charge in [-0.2, -0.15) is 0 Å². The molecule has 0 aromatic heterocycles. The minimum Gasteiger partial charge on any atom is -0.380 e. The van der Waals surface area contributed by atoms with Gasteiger partial charge in [0, 0.05) is 37.7 Å². The number of hydrogen-bond donors (Lipinski definition) is 1. The fraction of sp³-hybridized carbons (Fsp3) is 0.500. The maximum Gasteiger partial charge on any atom is 0.319 e. The smallest absolute Gasteiger partial charge is 0.319 e. The molecule has 4 nitrogen and oxygen atoms in total. The van der Waals surface area contributed by atoms with Crippen molar-refractivity contribution in [3.8, 4) is 0 Å². The zero-order valence-electron chi connectivity index (χ0n) is 11.7. The van der Waals surface area contributed by atoms with Crippen LogP contribution in [0.25, 0.3) is 0 Å². The molecule has 0 unspecified atom stereocenters. The molecule has 1 aromatic carbocycles. The quantitative estimate of drug-likeness (QED) is 0.895. The van der Waals surface area contributed by atoms with E-state index >= 15 is 0 Å². The van der Waals surface area contributed by atoms with Gasteiger partial charge in [0.2, 0.25) is 0 Å². The van der Waals surface area contributed by atoms with E-state index < -0.39 is 0 Å². The van der Waals surface area contributed by atoms with Gasteiger partial charge in [0.05, 0.1) is 5.69 Å². The molecule has 0 spiro atoms. The number of piperidine rings is 1. The van der Waals surface area contributed by atoms with Gasteiger partial charge >= 0.3 is 6.03 Å². The molecule has 20 heavy (non-hydrogen) atoms. The third-order valence-corrected chi connectivity index (χ3v) is 3.93. The van der Waals surface area contributed by atoms with E-state index in [1.807, 2.05) is 11.0 Å². The van der Waals surface area contributed by atoms with Crippen molar-refractivity contribution in [3.63, 3.8) is 0 Å². The highest BCUT2D eigenvalue weighted by Gasteiger charge is 2.24. The molecule has 1 saturated heterocycles. The second-order valence-corrected chi connectivity index (χ2v) is 6.12. The molecule has 0 aliphatic carbocycles. The highest BCUT2D eigenvalue weighted by Crippen LogP contribution is 2.22. The summed E-state index contributed by atoms with van der Waals surface area (Å²) in [4.78, 5) is 15.2. The average Bonchev–Trinajstić information content (AvgIpc) is 2.42. The number of nitrogens with one attached hydrogen (secondary N) is 1. The molecule has 0 bridgehead atoms. The molecule has 110 valence electrons. The number of likely N-dealkylation sites (tertiary alicyclic amines) is 1. The van der Waals surface area contributed by atoms with E-state index in [4.69, 9.17) is 0 Å². The van der Waals surface area contributed by atoms with Crippen LogP contribution >= 0.6 is 15.9 Å². The first kappa shape index (κ1) is 15.1. The van der Waals surface area contributed by atoms with Crippen LogP contribution in [-0.4, -0.2) is 49.1 Å². The maximum atomic E-state index is 13.8. The summed E-state index contributed by atoms with van der Waals surface area (Å²) in [5, 5.41) is 3.22. The first-order valence-electron chi connectivity index (χ1n) is 6.65. The molecular formula is C14H19BrFN3O. The monoisotopic (exact) mass is 343 g/mol. The second-order valence-electron chi connectivity index (χ2n) is 5.21. The molecule has 0 saturated carbocycles. The van der Waals surface area contributed by atoms with Crippen molar-refractivity contribution in [1.82, 2.24) is 9.80 Å². The van der Waals surface area contributed by atoms with Gasteiger partial charge in [0.1, 0.15) is 5.82 Å². The number of carbonyl (C=O) groups is 1. The van der Waals surface area contributed by atoms with E-state index in [2.05, 4.69) is 21.2 Å². The Morgan fingerprint density at radius 2 is 2.05 bits per heavy atom. The Bertz CT molecular complexity index is 487. The van der Waals surface area contributed by atoms with Crippen molar-refractivity contribution in [1.29, 1.82) is 0 Å². The van der Waals surface area contributed by atoms with Crippen molar-refractivity contribution in [2.75, 3.05) is 32.5 Å². The Morgan fingerprint density at radius 1 is 1.40 bits per heavy atom. The second kappa shape index (κ2) is 6.43. The Morgan fingerprint density at radius 3 is 2.60 bits per heavy atom. The average molecular weight is 344 g/mol. The number of amides is 2. The van der Waals surface area contributed by atoms with Gasteiger partial charge in [-0.05, 0) is 31.0 Å². The van der Waals surface area contributed by atoms with Crippen LogP contribution in [-0.2, 0) is 0 Å². The highest BCUT2D eigenvalue weighted by atomic mass is 79.9. The number of urea groups is 1. The third-order valence-electron chi connectivity index (χ3n) is 3.44. The molecular weight excluding hydrogens is 325 g/mol. The van der Waals surface area contributed by atoms with Crippen molar-refractivity contribution in [2.24, 2.45) is 0 Å². The summed E-state index contributed by atoms with van der Waals surface area (Å²) in [6, 6.07) is 5.25. The normalized spacial score (nSPS) is 16.1. The van der Waals surface area contributed by atoms with E-state index in [9.17, 15) is 9.18 Å². The lowest BCUT2D eigenvalue weighted by Gasteiger charge is -2.34. The molecule has 0 radical (unpaired) electrons. The predicted octanol–water partition coefficient (Wildman–Crippen LogP) is 3.15. The van der Waals surface area contributed by atoms with E-state index in [1.54, 1.807) is 25.1 Å². The molecule has 2 rings (SSSR count). The lowest BCUT2D eigenvalue weighted by Crippen LogP contribution is -2.46. The van der Waals surface area contributed by atoms with Crippen LogP contribution < -0.4 is 5.32 Å². The summed E-state index contributed by atoms with van der Waals surface area (Å²) in [5.41, 5.74) is 0.519. The van der Waals surface area contributed by atoms with Crippen LogP contribution in [0.1, 0.15) is 12.8 Å². The van der Waals surface area contributed by atoms with Crippen LogP contribution in [0.2, 0.25) is 0 Å². The number of hydrogen-bond acceptors (Lipinski definition) is 2. The van der Waals surface area contributed by atoms with E-state index in [-0.39, 0.29) is 17.9 Å². The number of nitrogens with zero attached hydrogens (tertiary/aromatic N) is 2. The first-order valence-corrected chi connectivity index (χ1v) is 7.44. The molecule has 1 fully saturated rings. The van der Waals surface area contributed by atoms with Crippen molar-refractivity contribution in [2.45, 2.75) is 18.9 Å². The molecule has 1 heterocycles. The number of rotatable bonds is 2. The number of halogens is 2. The zero-order chi connectivity index (χ0) is 14.7. The lowest BCUT2D eigenvalue weighted by atomic mass is 10.0. The predicted molar refractivity (Wildman–Crippen MR) is 81.4 cm³/mol. The summed E-state index contributed by atoms with van der Waals surface area (Å²) >= 11 is 3.24. The maximum absolute atomic E-state index is 13.8. The van der Waals surface area contributed by atoms with Crippen LogP contribution in [0.3, 0.4) is 0 Å². The summed E-state index contributed by atoms with van der Waals surface area (Å²) in [5.74, 6) is -0.258. The van der Waals surface area contributed by atoms with Crippen molar-refractivity contribution in [3.05, 3.63) is 28.5 Å². The van der Waals surface area contributed by atoms with Crippen molar-refractivity contribution < 1.29 is 9.18 Å². The molecule has 1 aliphatic heterocycles. The van der Waals surface area contributed by atoms with Crippen LogP contribution in [0.15, 0.2) is 22.7 Å². The molecule has 6 heteroatoms. The summed E-state index contributed by atoms with van der Waals surface area (Å²) in [6.07, 6.45) is 1.66. The van der Waals surface area contributed by atoms with E-state index in [0.717, 1.165) is 17.3 Å². The third kappa shape index (κ3) is 3.62. The van der Waals surface area contributed by atoms with Gasteiger partial charge < -0.3 is 15.1 Å². The minimum atomic E-state index is -0.258. The van der Waals surface area contributed by atoms with Gasteiger partial charge in [0.25, 0.3) is 0 Å². The van der Waals surface area contributed by atoms with Gasteiger partial charge in [-0.25, -0.2) is 9.18 Å². The summed E-state index contributed by atoms with van der Waals surface area (Å²) in [6.45, 7) is 1.40. The lowest BCUT2D eigenvalue weighted by molar-refractivity contribution is 0.158. The van der Waals surface area contributed by atoms with Crippen LogP contribution in [0, 0.1) is 5.82 Å². The summed E-state index contributed by atoms with van der Waals surface area (Å²) < 4.78 is 14.5. The van der Waals surface area contributed by atoms with Crippen molar-refractivity contribution >= 4 is 27.6 Å². The Hall–Kier alpha value is -1.30. The molecule has 0 atom stereocenters. The zero-order valence-corrected chi connectivity index (χ0v) is 13.3. The van der Waals surface area contributed by atoms with Crippen LogP contribution in [0.5, 0.6) is 0 Å². The fourth-order valence-electron chi connectivity index (χ4n) is 2.32. The van der Waals surface area contributed by atoms with E-state index in [0.29, 0.717) is 18.8 Å². The van der Waals surface area contributed by atoms with Gasteiger partial charge in [-0.3, -0.25) is 0 Å². The minimum absolute atomic E-state index is 0.0401. The fourth-order valence-corrected chi connectivity index (χ4v) is 2.66. The molecule has 1 N–H and O–H groups in total. The standard InChI is InChI=1S/C14H19BrFN3O/c1-18(2)14(20)19-7-5-11(6-8-19)17-13-4-3-10(15)9-12(13)16/h3-4,9,11,17H,5-8H2,1-2H3. The molecule has 2 amide bonds. The van der Waals surface area contributed by atoms with Gasteiger partial charge in [-0.15, -0.1) is 0 Å².